The summed E-state index contributed by atoms with van der Waals surface area (Å²) in [5.41, 5.74) is 11.5. The molecule has 6 aromatic rings. The monoisotopic (exact) mass is 873 g/mol. The molecule has 2 atom stereocenters. The van der Waals surface area contributed by atoms with Gasteiger partial charge in [0, 0.05) is 61.1 Å². The van der Waals surface area contributed by atoms with E-state index in [2.05, 4.69) is 190 Å². The van der Waals surface area contributed by atoms with Gasteiger partial charge in [-0.05, 0) is 135 Å². The predicted octanol–water partition coefficient (Wildman–Crippen LogP) is 13.7. The molecule has 10 rings (SSSR count). The van der Waals surface area contributed by atoms with Gasteiger partial charge in [0.25, 0.3) is 0 Å². The lowest BCUT2D eigenvalue weighted by Gasteiger charge is -2.39. The van der Waals surface area contributed by atoms with E-state index in [4.69, 9.17) is 11.6 Å². The molecular formula is C59H73ClN4. The first-order valence-electron chi connectivity index (χ1n) is 24.1. The van der Waals surface area contributed by atoms with Gasteiger partial charge in [0.15, 0.2) is 0 Å². The Hall–Kier alpha value is -4.87. The number of fused-ring (bicyclic) bond motifs is 2. The summed E-state index contributed by atoms with van der Waals surface area (Å²) in [6.45, 7) is 5.78. The maximum Gasteiger partial charge on any atom is 0.0370 e. The Labute approximate surface area is 391 Å². The van der Waals surface area contributed by atoms with Crippen LogP contribution in [0.3, 0.4) is 0 Å². The van der Waals surface area contributed by atoms with Crippen LogP contribution in [-0.4, -0.2) is 59.5 Å². The summed E-state index contributed by atoms with van der Waals surface area (Å²) in [4.78, 5) is 8.04. The predicted molar refractivity (Wildman–Crippen MR) is 275 cm³/mol. The normalized spacial score (nSPS) is 18.6. The van der Waals surface area contributed by atoms with Crippen LogP contribution in [0.2, 0.25) is 0 Å². The molecule has 1 N–H and O–H groups in total. The Bertz CT molecular complexity index is 2150. The average molecular weight is 874 g/mol. The van der Waals surface area contributed by atoms with Crippen molar-refractivity contribution in [1.82, 2.24) is 9.80 Å². The second-order valence-electron chi connectivity index (χ2n) is 18.2. The lowest BCUT2D eigenvalue weighted by atomic mass is 9.97. The molecule has 0 spiro atoms. The van der Waals surface area contributed by atoms with Crippen LogP contribution in [0, 0.1) is 0 Å². The Balaban J connectivity index is 0.000000157. The molecule has 4 nitrogen and oxygen atoms in total. The van der Waals surface area contributed by atoms with Gasteiger partial charge in [-0.1, -0.05) is 166 Å². The lowest BCUT2D eigenvalue weighted by molar-refractivity contribution is 0.133. The van der Waals surface area contributed by atoms with Crippen molar-refractivity contribution in [1.29, 1.82) is 0 Å². The van der Waals surface area contributed by atoms with Crippen LogP contribution in [-0.2, 0) is 38.8 Å². The Morgan fingerprint density at radius 2 is 0.906 bits per heavy atom. The van der Waals surface area contributed by atoms with Gasteiger partial charge in [-0.25, -0.2) is 0 Å². The van der Waals surface area contributed by atoms with E-state index >= 15 is 0 Å². The van der Waals surface area contributed by atoms with Crippen molar-refractivity contribution < 1.29 is 0 Å². The zero-order valence-corrected chi connectivity index (χ0v) is 38.2. The second-order valence-corrected chi connectivity index (χ2v) is 18.6. The van der Waals surface area contributed by atoms with E-state index in [0.29, 0.717) is 24.2 Å². The number of piperidine rings is 2. The molecule has 0 amide bonds. The SMILES string of the molecule is C.ClCC[C@@H]1CCCCN1Cc1ccccc1.c1ccc(CN2CCCC[C@H]2CCN(c2ccccc2)C2Cc3ccccc3C2)cc1.c1ccc(NC2Cc3ccccc3C2)cc1. The number of rotatable bonds is 13. The molecule has 2 aliphatic carbocycles. The zero-order chi connectivity index (χ0) is 42.9. The standard InChI is InChI=1S/C29H34N2.C15H15N.C14H20ClN.CH4/c1-3-11-24(12-4-1)23-30-19-10-9-15-27(30)18-20-31(28-16-5-2-6-17-28)29-21-25-13-7-8-14-26(25)22-29;1-2-8-14(9-3-1)16-15-10-12-6-4-5-7-13(12)11-15;15-10-9-14-8-4-5-11-16(14)12-13-6-2-1-3-7-13;/h1-8,11-14,16-17,27,29H,9-10,15,18-23H2;1-9,15-16H,10-11H2;1-3,6-7,14H,4-5,8-12H2;1H4/t27-;;14-;/m0.0./s1. The van der Waals surface area contributed by atoms with Crippen molar-refractivity contribution in [3.8, 4) is 0 Å². The molecule has 0 unspecified atom stereocenters. The van der Waals surface area contributed by atoms with Crippen molar-refractivity contribution >= 4 is 23.0 Å². The molecule has 2 heterocycles. The number of alkyl halides is 1. The minimum Gasteiger partial charge on any atom is -0.382 e. The van der Waals surface area contributed by atoms with Crippen molar-refractivity contribution in [2.75, 3.05) is 35.7 Å². The zero-order valence-electron chi connectivity index (χ0n) is 37.4. The fourth-order valence-corrected chi connectivity index (χ4v) is 10.8. The van der Waals surface area contributed by atoms with Gasteiger partial charge in [0.2, 0.25) is 0 Å². The number of benzene rings is 6. The summed E-state index contributed by atoms with van der Waals surface area (Å²) in [7, 11) is 0. The van der Waals surface area contributed by atoms with E-state index in [1.807, 2.05) is 0 Å². The maximum atomic E-state index is 5.88. The summed E-state index contributed by atoms with van der Waals surface area (Å²) in [6.07, 6.45) is 15.1. The number of likely N-dealkylation sites (tertiary alicyclic amines) is 2. The van der Waals surface area contributed by atoms with Crippen LogP contribution in [0.4, 0.5) is 11.4 Å². The number of nitrogens with one attached hydrogen (secondary N) is 1. The van der Waals surface area contributed by atoms with Gasteiger partial charge in [-0.2, -0.15) is 0 Å². The minimum absolute atomic E-state index is 0. The summed E-state index contributed by atoms with van der Waals surface area (Å²) in [5, 5.41) is 3.59. The van der Waals surface area contributed by atoms with Gasteiger partial charge in [0.05, 0.1) is 0 Å². The highest BCUT2D eigenvalue weighted by atomic mass is 35.5. The molecule has 2 fully saturated rings. The van der Waals surface area contributed by atoms with E-state index < -0.39 is 0 Å². The van der Waals surface area contributed by atoms with Crippen LogP contribution in [0.1, 0.15) is 92.2 Å². The topological polar surface area (TPSA) is 21.8 Å². The summed E-state index contributed by atoms with van der Waals surface area (Å²) >= 11 is 5.88. The van der Waals surface area contributed by atoms with Gasteiger partial charge < -0.3 is 10.2 Å². The number of para-hydroxylation sites is 2. The van der Waals surface area contributed by atoms with Crippen LogP contribution in [0.25, 0.3) is 0 Å². The van der Waals surface area contributed by atoms with Gasteiger partial charge >= 0.3 is 0 Å². The highest BCUT2D eigenvalue weighted by Crippen LogP contribution is 2.31. The van der Waals surface area contributed by atoms with Crippen LogP contribution in [0.15, 0.2) is 170 Å². The Morgan fingerprint density at radius 3 is 1.39 bits per heavy atom. The number of halogens is 1. The number of nitrogens with zero attached hydrogens (tertiary/aromatic N) is 3. The molecule has 2 aliphatic heterocycles. The molecule has 64 heavy (non-hydrogen) atoms. The summed E-state index contributed by atoms with van der Waals surface area (Å²) in [5.74, 6) is 0.788. The molecular weight excluding hydrogens is 800 g/mol. The average Bonchev–Trinajstić information content (AvgIpc) is 3.96. The minimum atomic E-state index is 0. The third kappa shape index (κ3) is 13.6. The van der Waals surface area contributed by atoms with Crippen molar-refractivity contribution in [3.05, 3.63) is 203 Å². The lowest BCUT2D eigenvalue weighted by Crippen LogP contribution is -2.43. The number of hydrogen-bond donors (Lipinski definition) is 1. The van der Waals surface area contributed by atoms with Crippen LogP contribution in [0.5, 0.6) is 0 Å². The summed E-state index contributed by atoms with van der Waals surface area (Å²) in [6, 6.07) is 63.6. The molecule has 2 saturated heterocycles. The molecule has 0 aromatic heterocycles. The second kappa shape index (κ2) is 25.0. The van der Waals surface area contributed by atoms with Gasteiger partial charge in [-0.15, -0.1) is 11.6 Å². The van der Waals surface area contributed by atoms with Crippen LogP contribution < -0.4 is 10.2 Å². The molecule has 4 aliphatic rings. The van der Waals surface area contributed by atoms with Crippen molar-refractivity contribution in [2.45, 2.75) is 122 Å². The fraction of sp³-hybridized carbons (Fsp3) is 0.390. The quantitative estimate of drug-likeness (QED) is 0.117. The first-order valence-corrected chi connectivity index (χ1v) is 24.6. The van der Waals surface area contributed by atoms with E-state index in [1.165, 1.54) is 116 Å². The fourth-order valence-electron chi connectivity index (χ4n) is 10.6. The molecule has 5 heteroatoms. The van der Waals surface area contributed by atoms with E-state index in [-0.39, 0.29) is 7.43 Å². The Kier molecular flexibility index (Phi) is 18.4. The highest BCUT2D eigenvalue weighted by Gasteiger charge is 2.29. The molecule has 0 saturated carbocycles. The molecule has 0 bridgehead atoms. The third-order valence-corrected chi connectivity index (χ3v) is 14.1. The highest BCUT2D eigenvalue weighted by molar-refractivity contribution is 6.17. The largest absolute Gasteiger partial charge is 0.382 e. The number of anilines is 2. The van der Waals surface area contributed by atoms with Gasteiger partial charge in [-0.3, -0.25) is 9.80 Å². The van der Waals surface area contributed by atoms with Gasteiger partial charge in [0.1, 0.15) is 0 Å². The van der Waals surface area contributed by atoms with Crippen LogP contribution >= 0.6 is 11.6 Å². The smallest absolute Gasteiger partial charge is 0.0370 e. The van der Waals surface area contributed by atoms with E-state index in [0.717, 1.165) is 44.8 Å². The third-order valence-electron chi connectivity index (χ3n) is 13.9. The van der Waals surface area contributed by atoms with E-state index in [1.54, 1.807) is 0 Å². The number of hydrogen-bond acceptors (Lipinski definition) is 4. The summed E-state index contributed by atoms with van der Waals surface area (Å²) < 4.78 is 0. The molecule has 0 radical (unpaired) electrons. The Morgan fingerprint density at radius 1 is 0.484 bits per heavy atom. The first-order chi connectivity index (χ1) is 31.2. The first kappa shape index (κ1) is 47.1. The molecule has 336 valence electrons. The van der Waals surface area contributed by atoms with E-state index in [9.17, 15) is 0 Å². The molecule has 6 aromatic carbocycles. The van der Waals surface area contributed by atoms with Crippen molar-refractivity contribution in [2.24, 2.45) is 0 Å². The maximum absolute atomic E-state index is 5.88. The van der Waals surface area contributed by atoms with Crippen molar-refractivity contribution in [3.63, 3.8) is 0 Å².